The number of rotatable bonds is 2. The highest BCUT2D eigenvalue weighted by molar-refractivity contribution is 5.82. The first-order valence-electron chi connectivity index (χ1n) is 6.53. The van der Waals surface area contributed by atoms with Crippen molar-refractivity contribution in [1.82, 2.24) is 15.6 Å². The molecule has 0 aliphatic rings. The zero-order chi connectivity index (χ0) is 13.9. The number of nitrogens with one attached hydrogen (secondary N) is 3. The van der Waals surface area contributed by atoms with Crippen LogP contribution in [0.1, 0.15) is 26.5 Å². The number of hydrogen-bond donors (Lipinski definition) is 3. The molecule has 0 unspecified atom stereocenters. The fourth-order valence-corrected chi connectivity index (χ4v) is 1.94. The van der Waals surface area contributed by atoms with E-state index >= 15 is 0 Å². The molecule has 0 aliphatic heterocycles. The van der Waals surface area contributed by atoms with Gasteiger partial charge < -0.3 is 15.6 Å². The maximum atomic E-state index is 4.22. The molecule has 2 rings (SSSR count). The lowest BCUT2D eigenvalue weighted by Gasteiger charge is -2.23. The SMILES string of the molecule is CN=C(NCc1cc2ccccc2[nH]1)NC(C)(C)C. The van der Waals surface area contributed by atoms with Crippen LogP contribution >= 0.6 is 0 Å². The van der Waals surface area contributed by atoms with Crippen LogP contribution in [0.25, 0.3) is 10.9 Å². The van der Waals surface area contributed by atoms with E-state index in [0.717, 1.165) is 23.7 Å². The highest BCUT2D eigenvalue weighted by atomic mass is 15.2. The van der Waals surface area contributed by atoms with Gasteiger partial charge in [-0.25, -0.2) is 0 Å². The maximum absolute atomic E-state index is 4.22. The molecule has 0 spiro atoms. The second-order valence-corrected chi connectivity index (χ2v) is 5.68. The van der Waals surface area contributed by atoms with Crippen LogP contribution in [-0.4, -0.2) is 23.5 Å². The van der Waals surface area contributed by atoms with Gasteiger partial charge in [-0.1, -0.05) is 18.2 Å². The predicted molar refractivity (Wildman–Crippen MR) is 81.4 cm³/mol. The van der Waals surface area contributed by atoms with Gasteiger partial charge in [-0.2, -0.15) is 0 Å². The van der Waals surface area contributed by atoms with Gasteiger partial charge in [-0.05, 0) is 38.3 Å². The third-order valence-electron chi connectivity index (χ3n) is 2.75. The first kappa shape index (κ1) is 13.5. The van der Waals surface area contributed by atoms with E-state index in [-0.39, 0.29) is 5.54 Å². The van der Waals surface area contributed by atoms with Crippen LogP contribution in [-0.2, 0) is 6.54 Å². The molecule has 19 heavy (non-hydrogen) atoms. The summed E-state index contributed by atoms with van der Waals surface area (Å²) in [6.07, 6.45) is 0. The normalized spacial score (nSPS) is 12.7. The Balaban J connectivity index is 2.01. The van der Waals surface area contributed by atoms with E-state index in [1.807, 2.05) is 12.1 Å². The van der Waals surface area contributed by atoms with Crippen molar-refractivity contribution in [3.63, 3.8) is 0 Å². The molecular formula is C15H22N4. The molecule has 0 saturated heterocycles. The Morgan fingerprint density at radius 1 is 1.26 bits per heavy atom. The van der Waals surface area contributed by atoms with Gasteiger partial charge >= 0.3 is 0 Å². The van der Waals surface area contributed by atoms with Gasteiger partial charge in [0.1, 0.15) is 0 Å². The molecule has 4 nitrogen and oxygen atoms in total. The number of guanidine groups is 1. The Kier molecular flexibility index (Phi) is 3.79. The number of nitrogens with zero attached hydrogens (tertiary/aromatic N) is 1. The summed E-state index contributed by atoms with van der Waals surface area (Å²) in [6.45, 7) is 7.07. The van der Waals surface area contributed by atoms with Gasteiger partial charge in [0.05, 0.1) is 6.54 Å². The summed E-state index contributed by atoms with van der Waals surface area (Å²) < 4.78 is 0. The summed E-state index contributed by atoms with van der Waals surface area (Å²) in [4.78, 5) is 7.62. The van der Waals surface area contributed by atoms with Crippen LogP contribution in [0.15, 0.2) is 35.3 Å². The van der Waals surface area contributed by atoms with E-state index < -0.39 is 0 Å². The zero-order valence-electron chi connectivity index (χ0n) is 12.0. The molecule has 3 N–H and O–H groups in total. The number of aromatic nitrogens is 1. The number of fused-ring (bicyclic) bond motifs is 1. The number of para-hydroxylation sites is 1. The number of hydrogen-bond acceptors (Lipinski definition) is 1. The average molecular weight is 258 g/mol. The summed E-state index contributed by atoms with van der Waals surface area (Å²) in [5.74, 6) is 0.811. The smallest absolute Gasteiger partial charge is 0.191 e. The van der Waals surface area contributed by atoms with Crippen molar-refractivity contribution in [3.8, 4) is 0 Å². The molecule has 102 valence electrons. The zero-order valence-corrected chi connectivity index (χ0v) is 12.0. The minimum Gasteiger partial charge on any atom is -0.357 e. The molecule has 1 aromatic heterocycles. The standard InChI is InChI=1S/C15H22N4/c1-15(2,3)19-14(16-4)17-10-12-9-11-7-5-6-8-13(11)18-12/h5-9,18H,10H2,1-4H3,(H2,16,17,19). The second kappa shape index (κ2) is 5.34. The topological polar surface area (TPSA) is 52.2 Å². The molecule has 1 aromatic carbocycles. The van der Waals surface area contributed by atoms with Gasteiger partial charge in [-0.3, -0.25) is 4.99 Å². The quantitative estimate of drug-likeness (QED) is 0.573. The lowest BCUT2D eigenvalue weighted by atomic mass is 10.1. The Morgan fingerprint density at radius 3 is 2.63 bits per heavy atom. The molecule has 0 radical (unpaired) electrons. The number of benzene rings is 1. The maximum Gasteiger partial charge on any atom is 0.191 e. The number of aliphatic imine (C=N–C) groups is 1. The van der Waals surface area contributed by atoms with Crippen molar-refractivity contribution < 1.29 is 0 Å². The van der Waals surface area contributed by atoms with Crippen molar-refractivity contribution in [1.29, 1.82) is 0 Å². The molecule has 0 fully saturated rings. The first-order valence-corrected chi connectivity index (χ1v) is 6.53. The second-order valence-electron chi connectivity index (χ2n) is 5.68. The fourth-order valence-electron chi connectivity index (χ4n) is 1.94. The number of H-pyrrole nitrogens is 1. The minimum atomic E-state index is 0.00227. The van der Waals surface area contributed by atoms with Gasteiger partial charge in [0.25, 0.3) is 0 Å². The molecule has 0 amide bonds. The van der Waals surface area contributed by atoms with Crippen molar-refractivity contribution in [2.45, 2.75) is 32.9 Å². The van der Waals surface area contributed by atoms with Crippen molar-refractivity contribution in [3.05, 3.63) is 36.0 Å². The van der Waals surface area contributed by atoms with Crippen LogP contribution in [0.2, 0.25) is 0 Å². The third-order valence-corrected chi connectivity index (χ3v) is 2.75. The highest BCUT2D eigenvalue weighted by Gasteiger charge is 2.11. The molecule has 0 saturated carbocycles. The lowest BCUT2D eigenvalue weighted by molar-refractivity contribution is 0.501. The molecule has 2 aromatic rings. The van der Waals surface area contributed by atoms with Crippen LogP contribution in [0, 0.1) is 0 Å². The van der Waals surface area contributed by atoms with Crippen molar-refractivity contribution >= 4 is 16.9 Å². The average Bonchev–Trinajstić information content (AvgIpc) is 2.75. The van der Waals surface area contributed by atoms with Crippen molar-refractivity contribution in [2.24, 2.45) is 4.99 Å². The Labute approximate surface area is 114 Å². The van der Waals surface area contributed by atoms with Gasteiger partial charge in [0.2, 0.25) is 0 Å². The van der Waals surface area contributed by atoms with E-state index in [9.17, 15) is 0 Å². The summed E-state index contributed by atoms with van der Waals surface area (Å²) in [7, 11) is 1.78. The fraction of sp³-hybridized carbons (Fsp3) is 0.400. The predicted octanol–water partition coefficient (Wildman–Crippen LogP) is 2.63. The largest absolute Gasteiger partial charge is 0.357 e. The molecule has 0 atom stereocenters. The van der Waals surface area contributed by atoms with E-state index in [4.69, 9.17) is 0 Å². The van der Waals surface area contributed by atoms with Gasteiger partial charge in [0, 0.05) is 23.8 Å². The highest BCUT2D eigenvalue weighted by Crippen LogP contribution is 2.14. The van der Waals surface area contributed by atoms with Gasteiger partial charge in [0.15, 0.2) is 5.96 Å². The molecule has 0 aliphatic carbocycles. The van der Waals surface area contributed by atoms with Crippen molar-refractivity contribution in [2.75, 3.05) is 7.05 Å². The third kappa shape index (κ3) is 3.74. The van der Waals surface area contributed by atoms with E-state index in [1.165, 1.54) is 5.39 Å². The molecular weight excluding hydrogens is 236 g/mol. The number of aromatic amines is 1. The summed E-state index contributed by atoms with van der Waals surface area (Å²) in [6, 6.07) is 10.4. The van der Waals surface area contributed by atoms with Crippen LogP contribution in [0.5, 0.6) is 0 Å². The molecule has 4 heteroatoms. The van der Waals surface area contributed by atoms with E-state index in [1.54, 1.807) is 7.05 Å². The van der Waals surface area contributed by atoms with E-state index in [0.29, 0.717) is 0 Å². The summed E-state index contributed by atoms with van der Waals surface area (Å²) in [5, 5.41) is 7.88. The summed E-state index contributed by atoms with van der Waals surface area (Å²) >= 11 is 0. The minimum absolute atomic E-state index is 0.00227. The monoisotopic (exact) mass is 258 g/mol. The molecule has 0 bridgehead atoms. The Hall–Kier alpha value is -1.97. The van der Waals surface area contributed by atoms with E-state index in [2.05, 4.69) is 59.6 Å². The Bertz CT molecular complexity index is 542. The Morgan fingerprint density at radius 2 is 2.00 bits per heavy atom. The first-order chi connectivity index (χ1) is 8.98. The summed E-state index contributed by atoms with van der Waals surface area (Å²) in [5.41, 5.74) is 2.32. The van der Waals surface area contributed by atoms with Crippen LogP contribution in [0.3, 0.4) is 0 Å². The van der Waals surface area contributed by atoms with Gasteiger partial charge in [-0.15, -0.1) is 0 Å². The molecule has 1 heterocycles. The lowest BCUT2D eigenvalue weighted by Crippen LogP contribution is -2.47. The van der Waals surface area contributed by atoms with Crippen LogP contribution < -0.4 is 10.6 Å². The van der Waals surface area contributed by atoms with Crippen LogP contribution in [0.4, 0.5) is 0 Å².